The molecule has 0 bridgehead atoms. The summed E-state index contributed by atoms with van der Waals surface area (Å²) in [6, 6.07) is 11.2. The maximum Gasteiger partial charge on any atom is 0.188 e. The minimum absolute atomic E-state index is 0.00603. The van der Waals surface area contributed by atoms with Crippen LogP contribution in [0.15, 0.2) is 42.5 Å². The molecule has 0 aromatic heterocycles. The Morgan fingerprint density at radius 3 is 2.57 bits per heavy atom. The van der Waals surface area contributed by atoms with E-state index in [1.54, 1.807) is 37.4 Å². The maximum atomic E-state index is 13.1. The normalized spacial score (nSPS) is 10.6. The highest BCUT2D eigenvalue weighted by atomic mass is 35.5. The van der Waals surface area contributed by atoms with Crippen LogP contribution in [0.3, 0.4) is 0 Å². The van der Waals surface area contributed by atoms with Crippen molar-refractivity contribution in [1.82, 2.24) is 0 Å². The summed E-state index contributed by atoms with van der Waals surface area (Å²) in [5, 5.41) is 0. The van der Waals surface area contributed by atoms with Crippen molar-refractivity contribution in [3.63, 3.8) is 0 Å². The molecule has 23 heavy (non-hydrogen) atoms. The Balaban J connectivity index is 2.21. The van der Waals surface area contributed by atoms with Crippen molar-refractivity contribution in [3.05, 3.63) is 53.8 Å². The van der Waals surface area contributed by atoms with Crippen LogP contribution in [0.2, 0.25) is 0 Å². The summed E-state index contributed by atoms with van der Waals surface area (Å²) >= 11 is 5.56. The van der Waals surface area contributed by atoms with Gasteiger partial charge in [0.05, 0.1) is 7.11 Å². The zero-order valence-electron chi connectivity index (χ0n) is 12.9. The van der Waals surface area contributed by atoms with Crippen LogP contribution in [-0.4, -0.2) is 32.0 Å². The third-order valence-corrected chi connectivity index (χ3v) is 3.60. The van der Waals surface area contributed by atoms with E-state index in [0.717, 1.165) is 11.1 Å². The van der Waals surface area contributed by atoms with Crippen molar-refractivity contribution in [1.29, 1.82) is 0 Å². The minimum atomic E-state index is -0.312. The third kappa shape index (κ3) is 4.78. The number of rotatable bonds is 8. The van der Waals surface area contributed by atoms with Crippen LogP contribution in [0.4, 0.5) is 4.39 Å². The first-order valence-corrected chi connectivity index (χ1v) is 7.80. The molecule has 2 aromatic carbocycles. The first-order chi connectivity index (χ1) is 11.2. The van der Waals surface area contributed by atoms with Crippen LogP contribution >= 0.6 is 11.6 Å². The van der Waals surface area contributed by atoms with Crippen LogP contribution in [-0.2, 0) is 4.74 Å². The topological polar surface area (TPSA) is 35.5 Å². The second-order valence-electron chi connectivity index (χ2n) is 4.94. The molecule has 3 nitrogen and oxygen atoms in total. The van der Waals surface area contributed by atoms with Gasteiger partial charge in [-0.2, -0.15) is 0 Å². The van der Waals surface area contributed by atoms with Gasteiger partial charge < -0.3 is 9.47 Å². The molecule has 0 saturated carbocycles. The number of ketones is 1. The van der Waals surface area contributed by atoms with E-state index in [2.05, 4.69) is 0 Å². The highest BCUT2D eigenvalue weighted by Gasteiger charge is 2.12. The number of hydrogen-bond donors (Lipinski definition) is 0. The molecule has 0 unspecified atom stereocenters. The fraction of sp³-hybridized carbons (Fsp3) is 0.278. The van der Waals surface area contributed by atoms with Gasteiger partial charge in [-0.3, -0.25) is 4.79 Å². The van der Waals surface area contributed by atoms with Crippen molar-refractivity contribution >= 4 is 17.4 Å². The number of hydrogen-bond acceptors (Lipinski definition) is 3. The first kappa shape index (κ1) is 17.4. The Hall–Kier alpha value is -1.91. The Morgan fingerprint density at radius 1 is 1.17 bits per heavy atom. The number of Topliss-reactive ketones (excluding diaryl/α,β-unsaturated/α-hetero) is 1. The summed E-state index contributed by atoms with van der Waals surface area (Å²) in [6.07, 6.45) is 0.707. The highest BCUT2D eigenvalue weighted by Crippen LogP contribution is 2.31. The largest absolute Gasteiger partial charge is 0.496 e. The molecule has 0 amide bonds. The van der Waals surface area contributed by atoms with Gasteiger partial charge in [0.1, 0.15) is 18.2 Å². The SMILES string of the molecule is COc1ccc(C(=O)COCCCCl)cc1-c1ccc(F)cc1. The molecule has 0 aliphatic heterocycles. The van der Waals surface area contributed by atoms with Crippen LogP contribution in [0.1, 0.15) is 16.8 Å². The lowest BCUT2D eigenvalue weighted by Crippen LogP contribution is -2.10. The Kier molecular flexibility index (Phi) is 6.56. The van der Waals surface area contributed by atoms with Crippen molar-refractivity contribution < 1.29 is 18.7 Å². The maximum absolute atomic E-state index is 13.1. The van der Waals surface area contributed by atoms with Crippen LogP contribution < -0.4 is 4.74 Å². The molecule has 0 spiro atoms. The molecular weight excluding hydrogens is 319 g/mol. The number of halogens is 2. The van der Waals surface area contributed by atoms with Gasteiger partial charge in [0.15, 0.2) is 5.78 Å². The molecule has 0 fully saturated rings. The fourth-order valence-electron chi connectivity index (χ4n) is 2.14. The average Bonchev–Trinajstić information content (AvgIpc) is 2.58. The summed E-state index contributed by atoms with van der Waals surface area (Å²) < 4.78 is 23.7. The lowest BCUT2D eigenvalue weighted by molar-refractivity contribution is 0.0762. The Morgan fingerprint density at radius 2 is 1.91 bits per heavy atom. The van der Waals surface area contributed by atoms with Gasteiger partial charge in [0.2, 0.25) is 0 Å². The van der Waals surface area contributed by atoms with Crippen LogP contribution in [0.25, 0.3) is 11.1 Å². The number of benzene rings is 2. The zero-order valence-corrected chi connectivity index (χ0v) is 13.6. The summed E-state index contributed by atoms with van der Waals surface area (Å²) in [6.45, 7) is 0.461. The van der Waals surface area contributed by atoms with Gasteiger partial charge in [-0.25, -0.2) is 4.39 Å². The van der Waals surface area contributed by atoms with Gasteiger partial charge in [-0.1, -0.05) is 12.1 Å². The first-order valence-electron chi connectivity index (χ1n) is 7.26. The molecule has 2 aromatic rings. The summed E-state index contributed by atoms with van der Waals surface area (Å²) in [5.74, 6) is 0.695. The van der Waals surface area contributed by atoms with E-state index in [9.17, 15) is 9.18 Å². The quantitative estimate of drug-likeness (QED) is 0.409. The van der Waals surface area contributed by atoms with Gasteiger partial charge >= 0.3 is 0 Å². The summed E-state index contributed by atoms with van der Waals surface area (Å²) in [5.41, 5.74) is 2.04. The number of carbonyl (C=O) groups excluding carboxylic acids is 1. The van der Waals surface area contributed by atoms with Gasteiger partial charge in [0.25, 0.3) is 0 Å². The molecule has 0 N–H and O–H groups in total. The van der Waals surface area contributed by atoms with E-state index >= 15 is 0 Å². The molecular formula is C18H18ClFO3. The number of alkyl halides is 1. The van der Waals surface area contributed by atoms with E-state index in [1.165, 1.54) is 12.1 Å². The smallest absolute Gasteiger partial charge is 0.188 e. The summed E-state index contributed by atoms with van der Waals surface area (Å²) in [4.78, 5) is 12.2. The number of ether oxygens (including phenoxy) is 2. The fourth-order valence-corrected chi connectivity index (χ4v) is 2.25. The van der Waals surface area contributed by atoms with Crippen LogP contribution in [0.5, 0.6) is 5.75 Å². The lowest BCUT2D eigenvalue weighted by atomic mass is 10.00. The standard InChI is InChI=1S/C18H18ClFO3/c1-22-18-8-5-14(17(21)12-23-10-2-9-19)11-16(18)13-3-6-15(20)7-4-13/h3-8,11H,2,9-10,12H2,1H3. The molecule has 0 radical (unpaired) electrons. The highest BCUT2D eigenvalue weighted by molar-refractivity contribution is 6.17. The van der Waals surface area contributed by atoms with E-state index in [1.807, 2.05) is 0 Å². The average molecular weight is 337 g/mol. The van der Waals surface area contributed by atoms with Gasteiger partial charge in [-0.05, 0) is 42.3 Å². The van der Waals surface area contributed by atoms with E-state index in [0.29, 0.717) is 30.2 Å². The molecule has 5 heteroatoms. The van der Waals surface area contributed by atoms with Crippen molar-refractivity contribution in [2.24, 2.45) is 0 Å². The molecule has 0 saturated heterocycles. The predicted molar refractivity (Wildman–Crippen MR) is 88.9 cm³/mol. The van der Waals surface area contributed by atoms with Crippen molar-refractivity contribution in [3.8, 4) is 16.9 Å². The minimum Gasteiger partial charge on any atom is -0.496 e. The lowest BCUT2D eigenvalue weighted by Gasteiger charge is -2.11. The molecule has 0 atom stereocenters. The zero-order chi connectivity index (χ0) is 16.7. The molecule has 0 aliphatic carbocycles. The van der Waals surface area contributed by atoms with Gasteiger partial charge in [0, 0.05) is 23.6 Å². The van der Waals surface area contributed by atoms with E-state index in [4.69, 9.17) is 21.1 Å². The summed E-state index contributed by atoms with van der Waals surface area (Å²) in [7, 11) is 1.55. The molecule has 0 aliphatic rings. The molecule has 2 rings (SSSR count). The van der Waals surface area contributed by atoms with Crippen molar-refractivity contribution in [2.75, 3.05) is 26.2 Å². The second-order valence-corrected chi connectivity index (χ2v) is 5.32. The Bertz CT molecular complexity index is 656. The number of carbonyl (C=O) groups is 1. The van der Waals surface area contributed by atoms with E-state index < -0.39 is 0 Å². The third-order valence-electron chi connectivity index (χ3n) is 3.33. The molecule has 0 heterocycles. The number of methoxy groups -OCH3 is 1. The Labute approximate surface area is 140 Å². The predicted octanol–water partition coefficient (Wildman–Crippen LogP) is 4.33. The van der Waals surface area contributed by atoms with E-state index in [-0.39, 0.29) is 18.2 Å². The van der Waals surface area contributed by atoms with Gasteiger partial charge in [-0.15, -0.1) is 11.6 Å². The van der Waals surface area contributed by atoms with Crippen LogP contribution in [0, 0.1) is 5.82 Å². The monoisotopic (exact) mass is 336 g/mol. The second kappa shape index (κ2) is 8.65. The molecule has 122 valence electrons. The van der Waals surface area contributed by atoms with Crippen molar-refractivity contribution in [2.45, 2.75) is 6.42 Å².